The van der Waals surface area contributed by atoms with Crippen molar-refractivity contribution in [3.05, 3.63) is 64.7 Å². The number of halogens is 3. The van der Waals surface area contributed by atoms with Crippen molar-refractivity contribution >= 4 is 35.8 Å². The third kappa shape index (κ3) is 7.29. The summed E-state index contributed by atoms with van der Waals surface area (Å²) in [7, 11) is 1.60. The molecule has 0 unspecified atom stereocenters. The van der Waals surface area contributed by atoms with E-state index in [1.54, 1.807) is 37.4 Å². The minimum Gasteiger partial charge on any atom is -0.434 e. The summed E-state index contributed by atoms with van der Waals surface area (Å²) in [5.41, 5.74) is 8.07. The van der Waals surface area contributed by atoms with Gasteiger partial charge < -0.3 is 21.1 Å². The van der Waals surface area contributed by atoms with Crippen LogP contribution in [0.4, 0.5) is 8.78 Å². The first-order valence-electron chi connectivity index (χ1n) is 8.26. The third-order valence-electron chi connectivity index (χ3n) is 3.77. The predicted molar refractivity (Wildman–Crippen MR) is 115 cm³/mol. The number of nitrogens with one attached hydrogen (secondary N) is 2. The van der Waals surface area contributed by atoms with E-state index in [1.807, 2.05) is 13.0 Å². The summed E-state index contributed by atoms with van der Waals surface area (Å²) in [6.07, 6.45) is 0. The number of carbonyl (C=O) groups is 1. The molecular weight excluding hydrogens is 481 g/mol. The Kier molecular flexibility index (Phi) is 9.63. The summed E-state index contributed by atoms with van der Waals surface area (Å²) in [6.45, 7) is -0.352. The van der Waals surface area contributed by atoms with Crippen LogP contribution in [-0.2, 0) is 13.1 Å². The number of aryl methyl sites for hydroxylation is 1. The number of rotatable bonds is 7. The monoisotopic (exact) mass is 504 g/mol. The number of hydrogen-bond acceptors (Lipinski definition) is 3. The summed E-state index contributed by atoms with van der Waals surface area (Å²) >= 11 is 0. The van der Waals surface area contributed by atoms with Crippen molar-refractivity contribution in [2.75, 3.05) is 7.05 Å². The second-order valence-corrected chi connectivity index (χ2v) is 5.83. The fraction of sp³-hybridized carbons (Fsp3) is 0.263. The van der Waals surface area contributed by atoms with Crippen LogP contribution in [0.15, 0.2) is 47.5 Å². The number of nitrogens with zero attached hydrogens (tertiary/aromatic N) is 1. The summed E-state index contributed by atoms with van der Waals surface area (Å²) in [6, 6.07) is 11.9. The van der Waals surface area contributed by atoms with Crippen LogP contribution in [0, 0.1) is 6.92 Å². The van der Waals surface area contributed by atoms with Crippen molar-refractivity contribution in [1.29, 1.82) is 0 Å². The Morgan fingerprint density at radius 3 is 2.54 bits per heavy atom. The first kappa shape index (κ1) is 23.6. The molecule has 0 aliphatic rings. The smallest absolute Gasteiger partial charge is 0.387 e. The van der Waals surface area contributed by atoms with Gasteiger partial charge in [-0.05, 0) is 30.7 Å². The summed E-state index contributed by atoms with van der Waals surface area (Å²) in [5, 5.41) is 6.15. The Morgan fingerprint density at radius 1 is 1.18 bits per heavy atom. The largest absolute Gasteiger partial charge is 0.434 e. The molecule has 0 fully saturated rings. The van der Waals surface area contributed by atoms with Crippen molar-refractivity contribution in [1.82, 2.24) is 10.6 Å². The lowest BCUT2D eigenvalue weighted by Crippen LogP contribution is -2.36. The lowest BCUT2D eigenvalue weighted by atomic mass is 10.1. The number of nitrogens with two attached hydrogens (primary N) is 1. The van der Waals surface area contributed by atoms with E-state index in [0.717, 1.165) is 11.1 Å². The molecule has 0 spiro atoms. The zero-order valence-corrected chi connectivity index (χ0v) is 17.9. The Labute approximate surface area is 179 Å². The minimum absolute atomic E-state index is 0. The lowest BCUT2D eigenvalue weighted by molar-refractivity contribution is -0.0504. The van der Waals surface area contributed by atoms with Crippen LogP contribution in [0.2, 0.25) is 0 Å². The number of primary amides is 1. The maximum atomic E-state index is 12.6. The number of alkyl halides is 2. The van der Waals surface area contributed by atoms with Crippen molar-refractivity contribution in [2.45, 2.75) is 26.6 Å². The highest BCUT2D eigenvalue weighted by Crippen LogP contribution is 2.21. The van der Waals surface area contributed by atoms with Gasteiger partial charge in [-0.1, -0.05) is 29.8 Å². The van der Waals surface area contributed by atoms with Crippen LogP contribution in [0.3, 0.4) is 0 Å². The van der Waals surface area contributed by atoms with Gasteiger partial charge in [-0.25, -0.2) is 0 Å². The van der Waals surface area contributed by atoms with E-state index in [0.29, 0.717) is 23.6 Å². The van der Waals surface area contributed by atoms with Crippen LogP contribution in [-0.4, -0.2) is 25.5 Å². The van der Waals surface area contributed by atoms with E-state index < -0.39 is 12.5 Å². The van der Waals surface area contributed by atoms with Gasteiger partial charge in [-0.3, -0.25) is 9.79 Å². The van der Waals surface area contributed by atoms with Crippen molar-refractivity contribution in [3.8, 4) is 5.75 Å². The van der Waals surface area contributed by atoms with Gasteiger partial charge in [0, 0.05) is 31.3 Å². The zero-order chi connectivity index (χ0) is 19.8. The van der Waals surface area contributed by atoms with Crippen LogP contribution in [0.25, 0.3) is 0 Å². The highest BCUT2D eigenvalue weighted by Gasteiger charge is 2.10. The molecule has 28 heavy (non-hydrogen) atoms. The van der Waals surface area contributed by atoms with Gasteiger partial charge >= 0.3 is 6.61 Å². The first-order valence-corrected chi connectivity index (χ1v) is 8.26. The maximum absolute atomic E-state index is 12.6. The number of carbonyl (C=O) groups excluding carboxylic acids is 1. The average Bonchev–Trinajstić information content (AvgIpc) is 2.63. The molecule has 152 valence electrons. The molecule has 0 radical (unpaired) electrons. The van der Waals surface area contributed by atoms with Crippen LogP contribution in [0.1, 0.15) is 27.0 Å². The lowest BCUT2D eigenvalue weighted by Gasteiger charge is -2.15. The van der Waals surface area contributed by atoms with Gasteiger partial charge in [-0.2, -0.15) is 8.78 Å². The Hall–Kier alpha value is -2.43. The van der Waals surface area contributed by atoms with E-state index in [4.69, 9.17) is 5.73 Å². The number of aliphatic imine (C=N–C) groups is 1. The second-order valence-electron chi connectivity index (χ2n) is 5.83. The molecule has 0 bridgehead atoms. The molecule has 4 N–H and O–H groups in total. The number of amides is 1. The molecule has 2 aromatic rings. The SMILES string of the molecule is CN=C(NCc1cccc(C(N)=O)c1)NCc1cc(C)ccc1OC(F)F.I. The average molecular weight is 504 g/mol. The molecule has 0 atom stereocenters. The van der Waals surface area contributed by atoms with Crippen LogP contribution >= 0.6 is 24.0 Å². The topological polar surface area (TPSA) is 88.7 Å². The molecule has 0 aliphatic carbocycles. The van der Waals surface area contributed by atoms with Gasteiger partial charge in [-0.15, -0.1) is 24.0 Å². The number of ether oxygens (including phenoxy) is 1. The molecule has 1 amide bonds. The van der Waals surface area contributed by atoms with Crippen molar-refractivity contribution < 1.29 is 18.3 Å². The second kappa shape index (κ2) is 11.4. The highest BCUT2D eigenvalue weighted by molar-refractivity contribution is 14.0. The van der Waals surface area contributed by atoms with Crippen molar-refractivity contribution in [3.63, 3.8) is 0 Å². The molecule has 0 aromatic heterocycles. The molecular formula is C19H23F2IN4O2. The number of guanidine groups is 1. The molecule has 0 heterocycles. The van der Waals surface area contributed by atoms with Crippen LogP contribution < -0.4 is 21.1 Å². The molecule has 0 aliphatic heterocycles. The van der Waals surface area contributed by atoms with E-state index >= 15 is 0 Å². The molecule has 2 aromatic carbocycles. The van der Waals surface area contributed by atoms with Gasteiger partial charge in [0.25, 0.3) is 0 Å². The first-order chi connectivity index (χ1) is 12.9. The maximum Gasteiger partial charge on any atom is 0.387 e. The Bertz CT molecular complexity index is 831. The van der Waals surface area contributed by atoms with Crippen molar-refractivity contribution in [2.24, 2.45) is 10.7 Å². The van der Waals surface area contributed by atoms with Gasteiger partial charge in [0.05, 0.1) is 0 Å². The van der Waals surface area contributed by atoms with E-state index in [9.17, 15) is 13.6 Å². The minimum atomic E-state index is -2.89. The predicted octanol–water partition coefficient (Wildman–Crippen LogP) is 3.18. The number of hydrogen-bond donors (Lipinski definition) is 3. The molecule has 0 saturated carbocycles. The van der Waals surface area contributed by atoms with E-state index in [-0.39, 0.29) is 36.3 Å². The molecule has 9 heteroatoms. The molecule has 6 nitrogen and oxygen atoms in total. The fourth-order valence-electron chi connectivity index (χ4n) is 2.48. The fourth-order valence-corrected chi connectivity index (χ4v) is 2.48. The summed E-state index contributed by atoms with van der Waals surface area (Å²) in [4.78, 5) is 15.3. The Morgan fingerprint density at radius 2 is 1.89 bits per heavy atom. The normalized spacial score (nSPS) is 11.0. The van der Waals surface area contributed by atoms with Gasteiger partial charge in [0.2, 0.25) is 5.91 Å². The van der Waals surface area contributed by atoms with E-state index in [2.05, 4.69) is 20.4 Å². The molecule has 2 rings (SSSR count). The standard InChI is InChI=1S/C19H22F2N4O2.HI/c1-12-6-7-16(27-18(20)21)15(8-12)11-25-19(23-2)24-10-13-4-3-5-14(9-13)17(22)26;/h3-9,18H,10-11H2,1-2H3,(H2,22,26)(H2,23,24,25);1H. The third-order valence-corrected chi connectivity index (χ3v) is 3.77. The van der Waals surface area contributed by atoms with Gasteiger partial charge in [0.15, 0.2) is 5.96 Å². The zero-order valence-electron chi connectivity index (χ0n) is 15.5. The summed E-state index contributed by atoms with van der Waals surface area (Å²) < 4.78 is 29.7. The summed E-state index contributed by atoms with van der Waals surface area (Å²) in [5.74, 6) is 0.0991. The van der Waals surface area contributed by atoms with E-state index in [1.165, 1.54) is 6.07 Å². The van der Waals surface area contributed by atoms with Crippen LogP contribution in [0.5, 0.6) is 5.75 Å². The van der Waals surface area contributed by atoms with Gasteiger partial charge in [0.1, 0.15) is 5.75 Å². The number of benzene rings is 2. The Balaban J connectivity index is 0.00000392. The quantitative estimate of drug-likeness (QED) is 0.307. The molecule has 0 saturated heterocycles. The highest BCUT2D eigenvalue weighted by atomic mass is 127.